The Morgan fingerprint density at radius 1 is 0.963 bits per heavy atom. The van der Waals surface area contributed by atoms with E-state index in [9.17, 15) is 5.26 Å². The Morgan fingerprint density at radius 2 is 1.67 bits per heavy atom. The zero-order valence-electron chi connectivity index (χ0n) is 15.6. The number of ether oxygens (including phenoxy) is 4. The molecule has 138 valence electrons. The molecule has 3 aromatic rings. The van der Waals surface area contributed by atoms with Crippen molar-refractivity contribution >= 4 is 22.6 Å². The van der Waals surface area contributed by atoms with Crippen molar-refractivity contribution in [2.75, 3.05) is 28.4 Å². The zero-order valence-corrected chi connectivity index (χ0v) is 15.6. The van der Waals surface area contributed by atoms with Crippen molar-refractivity contribution in [1.82, 2.24) is 4.98 Å². The van der Waals surface area contributed by atoms with Crippen LogP contribution in [-0.2, 0) is 0 Å². The molecule has 0 atom stereocenters. The molecule has 0 saturated carbocycles. The van der Waals surface area contributed by atoms with E-state index in [1.165, 1.54) is 0 Å². The predicted molar refractivity (Wildman–Crippen MR) is 104 cm³/mol. The maximum Gasteiger partial charge on any atom is 0.203 e. The molecule has 0 spiro atoms. The van der Waals surface area contributed by atoms with E-state index in [1.807, 2.05) is 30.5 Å². The van der Waals surface area contributed by atoms with Crippen LogP contribution in [0.4, 0.5) is 0 Å². The molecule has 2 aromatic carbocycles. The van der Waals surface area contributed by atoms with Gasteiger partial charge in [-0.15, -0.1) is 0 Å². The Bertz CT molecular complexity index is 1020. The summed E-state index contributed by atoms with van der Waals surface area (Å²) in [5, 5.41) is 10.7. The van der Waals surface area contributed by atoms with E-state index < -0.39 is 0 Å². The summed E-state index contributed by atoms with van der Waals surface area (Å²) in [6.07, 6.45) is 3.68. The number of nitrogens with one attached hydrogen (secondary N) is 1. The second-order valence-corrected chi connectivity index (χ2v) is 5.74. The first-order valence-corrected chi connectivity index (χ1v) is 8.22. The number of fused-ring (bicyclic) bond motifs is 1. The molecule has 1 heterocycles. The van der Waals surface area contributed by atoms with Crippen LogP contribution in [0.2, 0.25) is 0 Å². The number of H-pyrrole nitrogens is 1. The van der Waals surface area contributed by atoms with Crippen LogP contribution >= 0.6 is 0 Å². The van der Waals surface area contributed by atoms with Gasteiger partial charge in [0.1, 0.15) is 5.75 Å². The van der Waals surface area contributed by atoms with Crippen molar-refractivity contribution < 1.29 is 18.9 Å². The fourth-order valence-electron chi connectivity index (χ4n) is 2.94. The molecule has 0 amide bonds. The van der Waals surface area contributed by atoms with Crippen molar-refractivity contribution in [1.29, 1.82) is 5.26 Å². The van der Waals surface area contributed by atoms with Gasteiger partial charge in [0.15, 0.2) is 11.5 Å². The van der Waals surface area contributed by atoms with Gasteiger partial charge in [0.25, 0.3) is 0 Å². The van der Waals surface area contributed by atoms with Crippen LogP contribution in [0.25, 0.3) is 22.6 Å². The monoisotopic (exact) mass is 364 g/mol. The maximum atomic E-state index is 9.74. The highest BCUT2D eigenvalue weighted by Gasteiger charge is 2.15. The van der Waals surface area contributed by atoms with E-state index in [4.69, 9.17) is 18.9 Å². The van der Waals surface area contributed by atoms with Gasteiger partial charge in [0, 0.05) is 22.7 Å². The molecule has 0 bridgehead atoms. The third kappa shape index (κ3) is 3.40. The SMILES string of the molecule is COc1ccc2[nH]cc(/C=C(\C#N)c3cc(OC)c(OC)c(OC)c3)c2c1. The summed E-state index contributed by atoms with van der Waals surface area (Å²) in [6.45, 7) is 0. The van der Waals surface area contributed by atoms with E-state index in [2.05, 4.69) is 11.1 Å². The highest BCUT2D eigenvalue weighted by Crippen LogP contribution is 2.40. The van der Waals surface area contributed by atoms with Crippen molar-refractivity contribution in [2.24, 2.45) is 0 Å². The fraction of sp³-hybridized carbons (Fsp3) is 0.190. The number of methoxy groups -OCH3 is 4. The van der Waals surface area contributed by atoms with Gasteiger partial charge >= 0.3 is 0 Å². The molecule has 0 unspecified atom stereocenters. The average Bonchev–Trinajstić information content (AvgIpc) is 3.12. The van der Waals surface area contributed by atoms with Gasteiger partial charge < -0.3 is 23.9 Å². The summed E-state index contributed by atoms with van der Waals surface area (Å²) in [4.78, 5) is 3.20. The lowest BCUT2D eigenvalue weighted by Gasteiger charge is -2.13. The lowest BCUT2D eigenvalue weighted by Crippen LogP contribution is -1.96. The minimum atomic E-state index is 0.470. The van der Waals surface area contributed by atoms with Crippen LogP contribution in [0.1, 0.15) is 11.1 Å². The van der Waals surface area contributed by atoms with Crippen molar-refractivity contribution in [3.8, 4) is 29.1 Å². The van der Waals surface area contributed by atoms with Gasteiger partial charge in [-0.25, -0.2) is 0 Å². The standard InChI is InChI=1S/C21H20N2O4/c1-24-16-5-6-18-17(10-16)15(12-23-18)7-14(11-22)13-8-19(25-2)21(27-4)20(9-13)26-3/h5-10,12,23H,1-4H3/b14-7+. The Balaban J connectivity index is 2.14. The fourth-order valence-corrected chi connectivity index (χ4v) is 2.94. The number of allylic oxidation sites excluding steroid dienone is 1. The van der Waals surface area contributed by atoms with Crippen LogP contribution in [0.15, 0.2) is 36.5 Å². The first-order valence-electron chi connectivity index (χ1n) is 8.22. The molecule has 0 fully saturated rings. The first kappa shape index (κ1) is 18.2. The molecule has 6 nitrogen and oxygen atoms in total. The lowest BCUT2D eigenvalue weighted by molar-refractivity contribution is 0.324. The number of aromatic nitrogens is 1. The topological polar surface area (TPSA) is 76.5 Å². The quantitative estimate of drug-likeness (QED) is 0.661. The Hall–Kier alpha value is -3.59. The number of aromatic amines is 1. The Morgan fingerprint density at radius 3 is 2.22 bits per heavy atom. The summed E-state index contributed by atoms with van der Waals surface area (Å²) in [5.41, 5.74) is 2.99. The summed E-state index contributed by atoms with van der Waals surface area (Å²) < 4.78 is 21.4. The number of nitrogens with zero attached hydrogens (tertiary/aromatic N) is 1. The van der Waals surface area contributed by atoms with Crippen LogP contribution in [0.5, 0.6) is 23.0 Å². The van der Waals surface area contributed by atoms with E-state index >= 15 is 0 Å². The van der Waals surface area contributed by atoms with Crippen LogP contribution in [0, 0.1) is 11.3 Å². The normalized spacial score (nSPS) is 11.1. The minimum Gasteiger partial charge on any atom is -0.497 e. The Kier molecular flexibility index (Phi) is 5.23. The van der Waals surface area contributed by atoms with Crippen molar-refractivity contribution in [2.45, 2.75) is 0 Å². The number of nitriles is 1. The largest absolute Gasteiger partial charge is 0.497 e. The second-order valence-electron chi connectivity index (χ2n) is 5.74. The molecule has 1 N–H and O–H groups in total. The summed E-state index contributed by atoms with van der Waals surface area (Å²) in [5.74, 6) is 2.23. The molecule has 0 radical (unpaired) electrons. The van der Waals surface area contributed by atoms with Crippen LogP contribution < -0.4 is 18.9 Å². The average molecular weight is 364 g/mol. The second kappa shape index (κ2) is 7.75. The van der Waals surface area contributed by atoms with Gasteiger partial charge in [-0.1, -0.05) is 0 Å². The lowest BCUT2D eigenvalue weighted by atomic mass is 10.0. The van der Waals surface area contributed by atoms with Crippen LogP contribution in [0.3, 0.4) is 0 Å². The molecule has 3 rings (SSSR count). The third-order valence-electron chi connectivity index (χ3n) is 4.32. The number of hydrogen-bond acceptors (Lipinski definition) is 5. The van der Waals surface area contributed by atoms with E-state index in [1.54, 1.807) is 40.6 Å². The summed E-state index contributed by atoms with van der Waals surface area (Å²) in [6, 6.07) is 11.5. The van der Waals surface area contributed by atoms with Crippen molar-refractivity contribution in [3.05, 3.63) is 47.7 Å². The van der Waals surface area contributed by atoms with Crippen LogP contribution in [-0.4, -0.2) is 33.4 Å². The highest BCUT2D eigenvalue weighted by molar-refractivity contribution is 5.98. The molecule has 0 saturated heterocycles. The maximum absolute atomic E-state index is 9.74. The molecule has 0 aliphatic carbocycles. The first-order chi connectivity index (χ1) is 13.1. The molecule has 1 aromatic heterocycles. The van der Waals surface area contributed by atoms with Crippen molar-refractivity contribution in [3.63, 3.8) is 0 Å². The van der Waals surface area contributed by atoms with Gasteiger partial charge in [0.2, 0.25) is 5.75 Å². The van der Waals surface area contributed by atoms with Gasteiger partial charge in [0.05, 0.1) is 40.1 Å². The number of rotatable bonds is 6. The zero-order chi connectivity index (χ0) is 19.4. The number of hydrogen-bond donors (Lipinski definition) is 1. The van der Waals surface area contributed by atoms with Gasteiger partial charge in [-0.05, 0) is 42.0 Å². The predicted octanol–water partition coefficient (Wildman–Crippen LogP) is 4.27. The molecular weight excluding hydrogens is 344 g/mol. The number of benzene rings is 2. The molecule has 0 aliphatic heterocycles. The summed E-state index contributed by atoms with van der Waals surface area (Å²) >= 11 is 0. The van der Waals surface area contributed by atoms with Gasteiger partial charge in [-0.2, -0.15) is 5.26 Å². The van der Waals surface area contributed by atoms with E-state index in [0.717, 1.165) is 22.2 Å². The van der Waals surface area contributed by atoms with E-state index in [0.29, 0.717) is 28.4 Å². The molecular formula is C21H20N2O4. The smallest absolute Gasteiger partial charge is 0.203 e. The highest BCUT2D eigenvalue weighted by atomic mass is 16.5. The van der Waals surface area contributed by atoms with Gasteiger partial charge in [-0.3, -0.25) is 0 Å². The molecule has 6 heteroatoms. The Labute approximate surface area is 157 Å². The van der Waals surface area contributed by atoms with E-state index in [-0.39, 0.29) is 0 Å². The molecule has 27 heavy (non-hydrogen) atoms. The molecule has 0 aliphatic rings. The summed E-state index contributed by atoms with van der Waals surface area (Å²) in [7, 11) is 6.26. The third-order valence-corrected chi connectivity index (χ3v) is 4.32. The minimum absolute atomic E-state index is 0.470.